The van der Waals surface area contributed by atoms with E-state index < -0.39 is 0 Å². The zero-order valence-electron chi connectivity index (χ0n) is 13.0. The standard InChI is InChI=1S/C17H25IN2O/c1-13-6-10-20(11-7-13)9-3-8-19-17(21)15-5-4-14(2)12-16(15)18/h4-5,12-13H,3,6-11H2,1-2H3,(H,19,21). The van der Waals surface area contributed by atoms with Gasteiger partial charge in [0.1, 0.15) is 0 Å². The van der Waals surface area contributed by atoms with Crippen molar-refractivity contribution in [1.29, 1.82) is 0 Å². The predicted octanol–water partition coefficient (Wildman–Crippen LogP) is 3.45. The van der Waals surface area contributed by atoms with E-state index in [-0.39, 0.29) is 5.91 Å². The molecule has 0 bridgehead atoms. The largest absolute Gasteiger partial charge is 0.352 e. The summed E-state index contributed by atoms with van der Waals surface area (Å²) in [6.07, 6.45) is 3.66. The second-order valence-corrected chi connectivity index (χ2v) is 7.28. The molecule has 0 aliphatic carbocycles. The van der Waals surface area contributed by atoms with Crippen LogP contribution in [0.2, 0.25) is 0 Å². The van der Waals surface area contributed by atoms with E-state index in [2.05, 4.69) is 39.7 Å². The van der Waals surface area contributed by atoms with E-state index >= 15 is 0 Å². The average molecular weight is 400 g/mol. The van der Waals surface area contributed by atoms with Gasteiger partial charge in [0.2, 0.25) is 0 Å². The molecule has 1 aromatic carbocycles. The van der Waals surface area contributed by atoms with Crippen LogP contribution in [0.15, 0.2) is 18.2 Å². The highest BCUT2D eigenvalue weighted by molar-refractivity contribution is 14.1. The molecular formula is C17H25IN2O. The van der Waals surface area contributed by atoms with Crippen LogP contribution in [0.5, 0.6) is 0 Å². The van der Waals surface area contributed by atoms with Crippen LogP contribution in [-0.2, 0) is 0 Å². The van der Waals surface area contributed by atoms with Gasteiger partial charge in [-0.05, 0) is 86.5 Å². The number of piperidine rings is 1. The Morgan fingerprint density at radius 2 is 2.10 bits per heavy atom. The van der Waals surface area contributed by atoms with E-state index in [1.807, 2.05) is 25.1 Å². The molecule has 4 heteroatoms. The van der Waals surface area contributed by atoms with Gasteiger partial charge in [0, 0.05) is 10.1 Å². The zero-order chi connectivity index (χ0) is 15.2. The molecule has 1 heterocycles. The molecule has 0 unspecified atom stereocenters. The molecule has 0 saturated carbocycles. The summed E-state index contributed by atoms with van der Waals surface area (Å²) in [6.45, 7) is 8.66. The summed E-state index contributed by atoms with van der Waals surface area (Å²) in [6, 6.07) is 5.95. The summed E-state index contributed by atoms with van der Waals surface area (Å²) in [5.41, 5.74) is 1.98. The number of hydrogen-bond acceptors (Lipinski definition) is 2. The van der Waals surface area contributed by atoms with Gasteiger partial charge in [-0.15, -0.1) is 0 Å². The molecule has 1 saturated heterocycles. The molecule has 3 nitrogen and oxygen atoms in total. The number of likely N-dealkylation sites (tertiary alicyclic amines) is 1. The number of halogens is 1. The van der Waals surface area contributed by atoms with Crippen LogP contribution in [0.25, 0.3) is 0 Å². The Kier molecular flexibility index (Phi) is 6.48. The minimum atomic E-state index is 0.0478. The lowest BCUT2D eigenvalue weighted by Crippen LogP contribution is -2.35. The number of aryl methyl sites for hydroxylation is 1. The van der Waals surface area contributed by atoms with Gasteiger partial charge in [-0.1, -0.05) is 18.6 Å². The maximum atomic E-state index is 12.1. The third-order valence-electron chi connectivity index (χ3n) is 4.18. The lowest BCUT2D eigenvalue weighted by Gasteiger charge is -2.30. The first-order chi connectivity index (χ1) is 10.1. The number of hydrogen-bond donors (Lipinski definition) is 1. The van der Waals surface area contributed by atoms with Crippen LogP contribution < -0.4 is 5.32 Å². The number of amides is 1. The third-order valence-corrected chi connectivity index (χ3v) is 5.07. The molecule has 0 spiro atoms. The van der Waals surface area contributed by atoms with Gasteiger partial charge in [0.25, 0.3) is 5.91 Å². The second-order valence-electron chi connectivity index (χ2n) is 6.12. The van der Waals surface area contributed by atoms with Gasteiger partial charge in [-0.25, -0.2) is 0 Å². The van der Waals surface area contributed by atoms with E-state index in [1.165, 1.54) is 31.5 Å². The summed E-state index contributed by atoms with van der Waals surface area (Å²) in [5, 5.41) is 3.04. The van der Waals surface area contributed by atoms with Crippen molar-refractivity contribution in [2.75, 3.05) is 26.2 Å². The van der Waals surface area contributed by atoms with Crippen LogP contribution in [0.3, 0.4) is 0 Å². The SMILES string of the molecule is Cc1ccc(C(=O)NCCCN2CCC(C)CC2)c(I)c1. The minimum Gasteiger partial charge on any atom is -0.352 e. The van der Waals surface area contributed by atoms with Gasteiger partial charge in [0.05, 0.1) is 5.56 Å². The molecule has 0 atom stereocenters. The summed E-state index contributed by atoms with van der Waals surface area (Å²) in [4.78, 5) is 14.7. The summed E-state index contributed by atoms with van der Waals surface area (Å²) < 4.78 is 1.02. The smallest absolute Gasteiger partial charge is 0.252 e. The molecule has 1 fully saturated rings. The van der Waals surface area contributed by atoms with E-state index in [4.69, 9.17) is 0 Å². The van der Waals surface area contributed by atoms with E-state index in [1.54, 1.807) is 0 Å². The summed E-state index contributed by atoms with van der Waals surface area (Å²) >= 11 is 2.23. The first-order valence-corrected chi connectivity index (χ1v) is 8.91. The fraction of sp³-hybridized carbons (Fsp3) is 0.588. The second kappa shape index (κ2) is 8.13. The Morgan fingerprint density at radius 1 is 1.38 bits per heavy atom. The van der Waals surface area contributed by atoms with Crippen molar-refractivity contribution in [3.63, 3.8) is 0 Å². The minimum absolute atomic E-state index is 0.0478. The highest BCUT2D eigenvalue weighted by Gasteiger charge is 2.15. The molecule has 1 amide bonds. The number of nitrogens with one attached hydrogen (secondary N) is 1. The van der Waals surface area contributed by atoms with Crippen molar-refractivity contribution < 1.29 is 4.79 Å². The van der Waals surface area contributed by atoms with Crippen molar-refractivity contribution in [2.45, 2.75) is 33.1 Å². The van der Waals surface area contributed by atoms with E-state index in [0.29, 0.717) is 0 Å². The first-order valence-electron chi connectivity index (χ1n) is 7.83. The van der Waals surface area contributed by atoms with Crippen molar-refractivity contribution in [3.8, 4) is 0 Å². The normalized spacial score (nSPS) is 16.9. The maximum absolute atomic E-state index is 12.1. The van der Waals surface area contributed by atoms with Crippen molar-refractivity contribution >= 4 is 28.5 Å². The Morgan fingerprint density at radius 3 is 2.76 bits per heavy atom. The summed E-state index contributed by atoms with van der Waals surface area (Å²) in [7, 11) is 0. The maximum Gasteiger partial charge on any atom is 0.252 e. The molecule has 2 rings (SSSR count). The van der Waals surface area contributed by atoms with E-state index in [0.717, 1.165) is 34.6 Å². The van der Waals surface area contributed by atoms with Crippen molar-refractivity contribution in [3.05, 3.63) is 32.9 Å². The monoisotopic (exact) mass is 400 g/mol. The number of carbonyl (C=O) groups is 1. The quantitative estimate of drug-likeness (QED) is 0.607. The lowest BCUT2D eigenvalue weighted by molar-refractivity contribution is 0.0949. The van der Waals surface area contributed by atoms with Crippen LogP contribution in [0.4, 0.5) is 0 Å². The molecule has 1 aromatic rings. The van der Waals surface area contributed by atoms with Gasteiger partial charge >= 0.3 is 0 Å². The highest BCUT2D eigenvalue weighted by atomic mass is 127. The fourth-order valence-corrected chi connectivity index (χ4v) is 3.61. The summed E-state index contributed by atoms with van der Waals surface area (Å²) in [5.74, 6) is 0.927. The molecule has 21 heavy (non-hydrogen) atoms. The van der Waals surface area contributed by atoms with Crippen molar-refractivity contribution in [1.82, 2.24) is 10.2 Å². The number of nitrogens with zero attached hydrogens (tertiary/aromatic N) is 1. The van der Waals surface area contributed by atoms with Gasteiger partial charge in [-0.2, -0.15) is 0 Å². The molecule has 0 radical (unpaired) electrons. The van der Waals surface area contributed by atoms with Gasteiger partial charge in [0.15, 0.2) is 0 Å². The van der Waals surface area contributed by atoms with Crippen molar-refractivity contribution in [2.24, 2.45) is 5.92 Å². The molecule has 1 aliphatic rings. The van der Waals surface area contributed by atoms with Gasteiger partial charge < -0.3 is 10.2 Å². The number of rotatable bonds is 5. The Balaban J connectivity index is 1.69. The predicted molar refractivity (Wildman–Crippen MR) is 95.7 cm³/mol. The molecule has 116 valence electrons. The molecule has 1 aliphatic heterocycles. The van der Waals surface area contributed by atoms with Crippen LogP contribution >= 0.6 is 22.6 Å². The molecular weight excluding hydrogens is 375 g/mol. The van der Waals surface area contributed by atoms with Crippen LogP contribution in [0.1, 0.15) is 42.1 Å². The highest BCUT2D eigenvalue weighted by Crippen LogP contribution is 2.16. The van der Waals surface area contributed by atoms with Gasteiger partial charge in [-0.3, -0.25) is 4.79 Å². The molecule has 1 N–H and O–H groups in total. The Labute approximate surface area is 141 Å². The number of carbonyl (C=O) groups excluding carboxylic acids is 1. The topological polar surface area (TPSA) is 32.3 Å². The fourth-order valence-electron chi connectivity index (χ4n) is 2.69. The lowest BCUT2D eigenvalue weighted by atomic mass is 9.99. The van der Waals surface area contributed by atoms with Crippen LogP contribution in [-0.4, -0.2) is 37.0 Å². The Bertz CT molecular complexity index is 482. The third kappa shape index (κ3) is 5.25. The molecule has 0 aromatic heterocycles. The number of benzene rings is 1. The average Bonchev–Trinajstić information content (AvgIpc) is 2.45. The van der Waals surface area contributed by atoms with Crippen LogP contribution in [0, 0.1) is 16.4 Å². The first kappa shape index (κ1) is 16.7. The van der Waals surface area contributed by atoms with E-state index in [9.17, 15) is 4.79 Å². The zero-order valence-corrected chi connectivity index (χ0v) is 15.2. The Hall–Kier alpha value is -0.620.